The van der Waals surface area contributed by atoms with E-state index in [-0.39, 0.29) is 12.1 Å². The second-order valence-corrected chi connectivity index (χ2v) is 5.01. The summed E-state index contributed by atoms with van der Waals surface area (Å²) in [7, 11) is 0. The minimum absolute atomic E-state index is 0.0513. The molecule has 0 aliphatic carbocycles. The van der Waals surface area contributed by atoms with Gasteiger partial charge in [0.05, 0.1) is 24.1 Å². The third kappa shape index (κ3) is 4.25. The minimum atomic E-state index is -0.578. The molecule has 0 radical (unpaired) electrons. The third-order valence-electron chi connectivity index (χ3n) is 3.42. The van der Waals surface area contributed by atoms with Crippen LogP contribution in [0.2, 0.25) is 0 Å². The number of nitrogens with one attached hydrogen (secondary N) is 1. The molecule has 22 heavy (non-hydrogen) atoms. The molecule has 2 aromatic heterocycles. The molecule has 2 aromatic rings. The summed E-state index contributed by atoms with van der Waals surface area (Å²) in [6.45, 7) is 4.41. The van der Waals surface area contributed by atoms with Crippen LogP contribution < -0.4 is 5.32 Å². The maximum absolute atomic E-state index is 12.8. The summed E-state index contributed by atoms with van der Waals surface area (Å²) >= 11 is 0. The summed E-state index contributed by atoms with van der Waals surface area (Å²) in [5, 5.41) is 2.73. The van der Waals surface area contributed by atoms with Crippen LogP contribution in [0.1, 0.15) is 26.0 Å². The lowest BCUT2D eigenvalue weighted by atomic mass is 10.2. The summed E-state index contributed by atoms with van der Waals surface area (Å²) in [5.74, 6) is -0.578. The Balaban J connectivity index is 2.10. The van der Waals surface area contributed by atoms with Gasteiger partial charge in [0, 0.05) is 12.2 Å². The van der Waals surface area contributed by atoms with Gasteiger partial charge in [-0.2, -0.15) is 4.39 Å². The van der Waals surface area contributed by atoms with E-state index in [1.807, 2.05) is 32.0 Å². The SMILES string of the molecule is CC[C@H](C)N(Cc1ccccn1)C(=O)Nc1ccc(F)nc1. The van der Waals surface area contributed by atoms with Crippen molar-refractivity contribution in [3.63, 3.8) is 0 Å². The van der Waals surface area contributed by atoms with E-state index in [1.54, 1.807) is 11.1 Å². The molecule has 1 N–H and O–H groups in total. The van der Waals surface area contributed by atoms with Crippen molar-refractivity contribution in [2.75, 3.05) is 5.32 Å². The largest absolute Gasteiger partial charge is 0.322 e. The van der Waals surface area contributed by atoms with Crippen LogP contribution in [0.25, 0.3) is 0 Å². The van der Waals surface area contributed by atoms with E-state index < -0.39 is 5.95 Å². The van der Waals surface area contributed by atoms with Crippen molar-refractivity contribution >= 4 is 11.7 Å². The number of nitrogens with zero attached hydrogens (tertiary/aromatic N) is 3. The number of aromatic nitrogens is 2. The first kappa shape index (κ1) is 15.9. The van der Waals surface area contributed by atoms with Crippen molar-refractivity contribution < 1.29 is 9.18 Å². The Morgan fingerprint density at radius 3 is 2.73 bits per heavy atom. The van der Waals surface area contributed by atoms with Crippen molar-refractivity contribution in [3.8, 4) is 0 Å². The zero-order valence-corrected chi connectivity index (χ0v) is 12.7. The predicted molar refractivity (Wildman–Crippen MR) is 82.7 cm³/mol. The number of hydrogen-bond acceptors (Lipinski definition) is 3. The lowest BCUT2D eigenvalue weighted by Gasteiger charge is -2.28. The number of pyridine rings is 2. The van der Waals surface area contributed by atoms with Crippen LogP contribution in [-0.4, -0.2) is 26.9 Å². The van der Waals surface area contributed by atoms with Crippen LogP contribution in [0, 0.1) is 5.95 Å². The standard InChI is InChI=1S/C16H19FN4O/c1-3-12(2)21(11-14-6-4-5-9-18-14)16(22)20-13-7-8-15(17)19-10-13/h4-10,12H,3,11H2,1-2H3,(H,20,22)/t12-/m0/s1. The Morgan fingerprint density at radius 2 is 2.14 bits per heavy atom. The Morgan fingerprint density at radius 1 is 1.32 bits per heavy atom. The van der Waals surface area contributed by atoms with Gasteiger partial charge in [0.25, 0.3) is 0 Å². The van der Waals surface area contributed by atoms with Gasteiger partial charge in [0.15, 0.2) is 0 Å². The van der Waals surface area contributed by atoms with Gasteiger partial charge in [0.1, 0.15) is 0 Å². The zero-order valence-electron chi connectivity index (χ0n) is 12.7. The first-order valence-electron chi connectivity index (χ1n) is 7.19. The highest BCUT2D eigenvalue weighted by molar-refractivity contribution is 5.89. The van der Waals surface area contributed by atoms with Crippen molar-refractivity contribution in [1.82, 2.24) is 14.9 Å². The molecular weight excluding hydrogens is 283 g/mol. The number of carbonyl (C=O) groups excluding carboxylic acids is 1. The van der Waals surface area contributed by atoms with Crippen molar-refractivity contribution in [3.05, 3.63) is 54.4 Å². The fourth-order valence-electron chi connectivity index (χ4n) is 1.96. The van der Waals surface area contributed by atoms with Crippen LogP contribution >= 0.6 is 0 Å². The van der Waals surface area contributed by atoms with Gasteiger partial charge in [-0.15, -0.1) is 0 Å². The van der Waals surface area contributed by atoms with Gasteiger partial charge in [-0.3, -0.25) is 4.98 Å². The number of hydrogen-bond donors (Lipinski definition) is 1. The highest BCUT2D eigenvalue weighted by Crippen LogP contribution is 2.13. The van der Waals surface area contributed by atoms with Crippen molar-refractivity contribution in [2.24, 2.45) is 0 Å². The van der Waals surface area contributed by atoms with Gasteiger partial charge in [0.2, 0.25) is 5.95 Å². The minimum Gasteiger partial charge on any atom is -0.316 e. The van der Waals surface area contributed by atoms with E-state index in [0.29, 0.717) is 12.2 Å². The van der Waals surface area contributed by atoms with Crippen LogP contribution in [-0.2, 0) is 6.54 Å². The molecule has 116 valence electrons. The van der Waals surface area contributed by atoms with Gasteiger partial charge < -0.3 is 10.2 Å². The van der Waals surface area contributed by atoms with Crippen LogP contribution in [0.3, 0.4) is 0 Å². The maximum Gasteiger partial charge on any atom is 0.322 e. The lowest BCUT2D eigenvalue weighted by Crippen LogP contribution is -2.40. The van der Waals surface area contributed by atoms with E-state index in [9.17, 15) is 9.18 Å². The highest BCUT2D eigenvalue weighted by Gasteiger charge is 2.20. The molecule has 2 amide bonds. The molecule has 2 heterocycles. The molecule has 0 bridgehead atoms. The molecule has 2 rings (SSSR count). The number of anilines is 1. The molecule has 0 spiro atoms. The number of urea groups is 1. The summed E-state index contributed by atoms with van der Waals surface area (Å²) in [4.78, 5) is 21.9. The Bertz CT molecular complexity index is 603. The molecule has 1 atom stereocenters. The number of amides is 2. The molecular formula is C16H19FN4O. The predicted octanol–water partition coefficient (Wildman–Crippen LogP) is 3.45. The normalized spacial score (nSPS) is 11.8. The first-order valence-corrected chi connectivity index (χ1v) is 7.19. The fraction of sp³-hybridized carbons (Fsp3) is 0.312. The van der Waals surface area contributed by atoms with Crippen LogP contribution in [0.4, 0.5) is 14.9 Å². The Kier molecular flexibility index (Phi) is 5.41. The summed E-state index contributed by atoms with van der Waals surface area (Å²) < 4.78 is 12.8. The molecule has 5 nitrogen and oxygen atoms in total. The zero-order chi connectivity index (χ0) is 15.9. The van der Waals surface area contributed by atoms with E-state index >= 15 is 0 Å². The molecule has 0 aromatic carbocycles. The van der Waals surface area contributed by atoms with Crippen molar-refractivity contribution in [1.29, 1.82) is 0 Å². The Hall–Kier alpha value is -2.50. The first-order chi connectivity index (χ1) is 10.6. The summed E-state index contributed by atoms with van der Waals surface area (Å²) in [6, 6.07) is 8.09. The van der Waals surface area contributed by atoms with Gasteiger partial charge in [-0.1, -0.05) is 13.0 Å². The van der Waals surface area contributed by atoms with E-state index in [4.69, 9.17) is 0 Å². The Labute approximate surface area is 129 Å². The van der Waals surface area contributed by atoms with Gasteiger partial charge in [-0.25, -0.2) is 9.78 Å². The number of rotatable bonds is 5. The maximum atomic E-state index is 12.8. The fourth-order valence-corrected chi connectivity index (χ4v) is 1.96. The smallest absolute Gasteiger partial charge is 0.316 e. The molecule has 6 heteroatoms. The van der Waals surface area contributed by atoms with Crippen LogP contribution in [0.5, 0.6) is 0 Å². The lowest BCUT2D eigenvalue weighted by molar-refractivity contribution is 0.186. The molecule has 0 aliphatic rings. The highest BCUT2D eigenvalue weighted by atomic mass is 19.1. The summed E-state index contributed by atoms with van der Waals surface area (Å²) in [6.07, 6.45) is 3.82. The molecule has 0 fully saturated rings. The monoisotopic (exact) mass is 302 g/mol. The topological polar surface area (TPSA) is 58.1 Å². The summed E-state index contributed by atoms with van der Waals surface area (Å²) in [5.41, 5.74) is 1.27. The van der Waals surface area contributed by atoms with E-state index in [0.717, 1.165) is 12.1 Å². The molecule has 0 unspecified atom stereocenters. The van der Waals surface area contributed by atoms with E-state index in [2.05, 4.69) is 15.3 Å². The third-order valence-corrected chi connectivity index (χ3v) is 3.42. The molecule has 0 saturated carbocycles. The van der Waals surface area contributed by atoms with Crippen LogP contribution in [0.15, 0.2) is 42.7 Å². The second kappa shape index (κ2) is 7.49. The van der Waals surface area contributed by atoms with Gasteiger partial charge in [-0.05, 0) is 37.6 Å². The number of carbonyl (C=O) groups is 1. The average molecular weight is 302 g/mol. The number of halogens is 1. The van der Waals surface area contributed by atoms with Gasteiger partial charge >= 0.3 is 6.03 Å². The second-order valence-electron chi connectivity index (χ2n) is 5.01. The van der Waals surface area contributed by atoms with Crippen molar-refractivity contribution in [2.45, 2.75) is 32.9 Å². The molecule has 0 saturated heterocycles. The average Bonchev–Trinajstić information content (AvgIpc) is 2.55. The quantitative estimate of drug-likeness (QED) is 0.861. The van der Waals surface area contributed by atoms with E-state index in [1.165, 1.54) is 18.3 Å². The molecule has 0 aliphatic heterocycles.